The number of ether oxygens (including phenoxy) is 2. The molecule has 0 fully saturated rings. The maximum Gasteiger partial charge on any atom is 0.416 e. The molecule has 0 bridgehead atoms. The van der Waals surface area contributed by atoms with Gasteiger partial charge >= 0.3 is 6.18 Å². The number of fused-ring (bicyclic) bond motifs is 1. The summed E-state index contributed by atoms with van der Waals surface area (Å²) < 4.78 is 50.4. The zero-order chi connectivity index (χ0) is 26.3. The van der Waals surface area contributed by atoms with E-state index in [1.807, 2.05) is 18.2 Å². The van der Waals surface area contributed by atoms with Gasteiger partial charge in [-0.15, -0.1) is 0 Å². The van der Waals surface area contributed by atoms with E-state index < -0.39 is 11.7 Å². The summed E-state index contributed by atoms with van der Waals surface area (Å²) in [6, 6.07) is 14.9. The molecular formula is C26H24ClF3N4O3. The predicted octanol–water partition coefficient (Wildman–Crippen LogP) is 6.19. The summed E-state index contributed by atoms with van der Waals surface area (Å²) in [4.78, 5) is 8.62. The molecule has 0 unspecified atom stereocenters. The largest absolute Gasteiger partial charge is 0.494 e. The van der Waals surface area contributed by atoms with Crippen LogP contribution in [0.25, 0.3) is 10.9 Å². The van der Waals surface area contributed by atoms with Gasteiger partial charge in [0, 0.05) is 17.6 Å². The van der Waals surface area contributed by atoms with E-state index in [4.69, 9.17) is 26.2 Å². The van der Waals surface area contributed by atoms with Crippen LogP contribution in [0.15, 0.2) is 67.0 Å². The number of nitrogens with one attached hydrogen (secondary N) is 2. The number of aliphatic hydroxyl groups is 1. The van der Waals surface area contributed by atoms with Crippen LogP contribution in [0.3, 0.4) is 0 Å². The quantitative estimate of drug-likeness (QED) is 0.198. The first-order valence-corrected chi connectivity index (χ1v) is 11.8. The number of aliphatic hydroxyl groups excluding tert-OH is 1. The van der Waals surface area contributed by atoms with Crippen LogP contribution in [0.1, 0.15) is 12.0 Å². The van der Waals surface area contributed by atoms with Crippen LogP contribution in [0.5, 0.6) is 17.2 Å². The summed E-state index contributed by atoms with van der Waals surface area (Å²) in [5, 5.41) is 16.0. The third-order valence-electron chi connectivity index (χ3n) is 5.25. The second-order valence-corrected chi connectivity index (χ2v) is 8.38. The van der Waals surface area contributed by atoms with Crippen LogP contribution in [-0.4, -0.2) is 41.4 Å². The van der Waals surface area contributed by atoms with E-state index in [0.29, 0.717) is 35.9 Å². The zero-order valence-corrected chi connectivity index (χ0v) is 20.3. The molecule has 0 spiro atoms. The molecule has 0 atom stereocenters. The first-order valence-electron chi connectivity index (χ1n) is 11.4. The number of hydrogen-bond acceptors (Lipinski definition) is 7. The minimum Gasteiger partial charge on any atom is -0.494 e. The molecule has 11 heteroatoms. The molecule has 1 heterocycles. The highest BCUT2D eigenvalue weighted by molar-refractivity contribution is 6.32. The number of benzene rings is 3. The molecule has 0 aliphatic heterocycles. The minimum absolute atomic E-state index is 0.0240. The lowest BCUT2D eigenvalue weighted by atomic mass is 10.2. The van der Waals surface area contributed by atoms with Gasteiger partial charge < -0.3 is 25.2 Å². The van der Waals surface area contributed by atoms with Crippen LogP contribution < -0.4 is 20.1 Å². The fraction of sp³-hybridized carbons (Fsp3) is 0.231. The lowest BCUT2D eigenvalue weighted by Crippen LogP contribution is -2.20. The van der Waals surface area contributed by atoms with Crippen LogP contribution in [0, 0.1) is 0 Å². The summed E-state index contributed by atoms with van der Waals surface area (Å²) in [6.45, 7) is 1.88. The van der Waals surface area contributed by atoms with Crippen molar-refractivity contribution >= 4 is 34.0 Å². The van der Waals surface area contributed by atoms with E-state index in [1.165, 1.54) is 18.5 Å². The van der Waals surface area contributed by atoms with Crippen LogP contribution in [-0.2, 0) is 6.18 Å². The topological polar surface area (TPSA) is 88.5 Å². The second kappa shape index (κ2) is 12.1. The number of anilines is 2. The van der Waals surface area contributed by atoms with Crippen LogP contribution >= 0.6 is 11.6 Å². The van der Waals surface area contributed by atoms with Crippen molar-refractivity contribution in [1.29, 1.82) is 0 Å². The number of rotatable bonds is 11. The highest BCUT2D eigenvalue weighted by atomic mass is 35.5. The van der Waals surface area contributed by atoms with Gasteiger partial charge in [0.05, 0.1) is 29.3 Å². The first-order chi connectivity index (χ1) is 17.8. The molecule has 7 nitrogen and oxygen atoms in total. The van der Waals surface area contributed by atoms with Gasteiger partial charge in [-0.3, -0.25) is 0 Å². The Kier molecular flexibility index (Phi) is 8.65. The molecule has 0 aliphatic carbocycles. The molecule has 4 aromatic rings. The van der Waals surface area contributed by atoms with E-state index >= 15 is 0 Å². The van der Waals surface area contributed by atoms with E-state index in [-0.39, 0.29) is 23.1 Å². The van der Waals surface area contributed by atoms with E-state index in [9.17, 15) is 13.2 Å². The van der Waals surface area contributed by atoms with E-state index in [2.05, 4.69) is 20.6 Å². The molecule has 0 saturated heterocycles. The molecule has 0 saturated carbocycles. The number of nitrogens with zero attached hydrogens (tertiary/aromatic N) is 2. The van der Waals surface area contributed by atoms with Gasteiger partial charge in [0.2, 0.25) is 0 Å². The summed E-state index contributed by atoms with van der Waals surface area (Å²) in [7, 11) is 0. The van der Waals surface area contributed by atoms with Crippen molar-refractivity contribution in [2.75, 3.05) is 31.6 Å². The van der Waals surface area contributed by atoms with Crippen molar-refractivity contribution in [3.8, 4) is 17.2 Å². The molecule has 37 heavy (non-hydrogen) atoms. The standard InChI is InChI=1S/C26H24ClF3N4O3/c27-22-14-18(5-8-24(22)37-20-4-1-3-17(13-20)26(28,29)30)34-25-21-15-19(6-7-23(21)32-16-33-25)36-12-2-9-31-10-11-35/h1,3-8,13-16,31,35H,2,9-12H2,(H,32,33,34). The number of aromatic nitrogens is 2. The second-order valence-electron chi connectivity index (χ2n) is 7.97. The first kappa shape index (κ1) is 26.5. The number of hydrogen-bond donors (Lipinski definition) is 3. The highest BCUT2D eigenvalue weighted by Crippen LogP contribution is 2.36. The molecule has 3 aromatic carbocycles. The van der Waals surface area contributed by atoms with E-state index in [1.54, 1.807) is 18.2 Å². The van der Waals surface area contributed by atoms with E-state index in [0.717, 1.165) is 30.5 Å². The fourth-order valence-electron chi connectivity index (χ4n) is 3.48. The smallest absolute Gasteiger partial charge is 0.416 e. The van der Waals surface area contributed by atoms with Gasteiger partial charge in [-0.1, -0.05) is 17.7 Å². The van der Waals surface area contributed by atoms with Gasteiger partial charge in [-0.2, -0.15) is 13.2 Å². The number of alkyl halides is 3. The Balaban J connectivity index is 1.46. The summed E-state index contributed by atoms with van der Waals surface area (Å²) in [5.41, 5.74) is 0.504. The fourth-order valence-corrected chi connectivity index (χ4v) is 3.70. The van der Waals surface area contributed by atoms with Gasteiger partial charge in [0.1, 0.15) is 29.4 Å². The molecule has 194 valence electrons. The molecule has 4 rings (SSSR count). The number of halogens is 4. The van der Waals surface area contributed by atoms with Crippen molar-refractivity contribution in [3.63, 3.8) is 0 Å². The van der Waals surface area contributed by atoms with Gasteiger partial charge in [0.15, 0.2) is 0 Å². The lowest BCUT2D eigenvalue weighted by molar-refractivity contribution is -0.137. The monoisotopic (exact) mass is 532 g/mol. The van der Waals surface area contributed by atoms with Crippen molar-refractivity contribution in [1.82, 2.24) is 15.3 Å². The van der Waals surface area contributed by atoms with Crippen LogP contribution in [0.2, 0.25) is 5.02 Å². The van der Waals surface area contributed by atoms with Gasteiger partial charge in [-0.25, -0.2) is 9.97 Å². The Hall–Kier alpha value is -3.60. The van der Waals surface area contributed by atoms with Gasteiger partial charge in [-0.05, 0) is 67.6 Å². The Morgan fingerprint density at radius 3 is 2.59 bits per heavy atom. The lowest BCUT2D eigenvalue weighted by Gasteiger charge is -2.13. The van der Waals surface area contributed by atoms with Crippen molar-refractivity contribution < 1.29 is 27.8 Å². The SMILES string of the molecule is OCCNCCCOc1ccc2ncnc(Nc3ccc(Oc4cccc(C(F)(F)F)c4)c(Cl)c3)c2c1. The van der Waals surface area contributed by atoms with Crippen molar-refractivity contribution in [2.24, 2.45) is 0 Å². The molecule has 0 amide bonds. The highest BCUT2D eigenvalue weighted by Gasteiger charge is 2.30. The van der Waals surface area contributed by atoms with Crippen molar-refractivity contribution in [2.45, 2.75) is 12.6 Å². The Morgan fingerprint density at radius 2 is 1.81 bits per heavy atom. The predicted molar refractivity (Wildman–Crippen MR) is 136 cm³/mol. The third-order valence-corrected chi connectivity index (χ3v) is 5.54. The maximum absolute atomic E-state index is 13.0. The molecular weight excluding hydrogens is 509 g/mol. The molecule has 1 aromatic heterocycles. The average Bonchev–Trinajstić information content (AvgIpc) is 2.88. The minimum atomic E-state index is -4.47. The maximum atomic E-state index is 13.0. The third kappa shape index (κ3) is 7.22. The molecule has 0 radical (unpaired) electrons. The Bertz CT molecular complexity index is 1350. The molecule has 0 aliphatic rings. The zero-order valence-electron chi connectivity index (χ0n) is 19.6. The summed E-state index contributed by atoms with van der Waals surface area (Å²) in [5.74, 6) is 1.43. The van der Waals surface area contributed by atoms with Crippen molar-refractivity contribution in [3.05, 3.63) is 77.6 Å². The van der Waals surface area contributed by atoms with Gasteiger partial charge in [0.25, 0.3) is 0 Å². The molecule has 3 N–H and O–H groups in total. The average molecular weight is 533 g/mol. The Morgan fingerprint density at radius 1 is 0.946 bits per heavy atom. The summed E-state index contributed by atoms with van der Waals surface area (Å²) in [6.07, 6.45) is -2.26. The summed E-state index contributed by atoms with van der Waals surface area (Å²) >= 11 is 6.36. The normalized spacial score (nSPS) is 11.5. The van der Waals surface area contributed by atoms with Crippen LogP contribution in [0.4, 0.5) is 24.7 Å². The Labute approximate surface area is 216 Å².